The molecule has 1 unspecified atom stereocenters. The van der Waals surface area contributed by atoms with Gasteiger partial charge in [-0.15, -0.1) is 0 Å². The number of fused-ring (bicyclic) bond motifs is 1. The van der Waals surface area contributed by atoms with Crippen molar-refractivity contribution >= 4 is 40.0 Å². The SMILES string of the molecule is CCn1c(=O)n(CC2CC2)c(=O)c2cc(NC(=O)[C@H]3CN(C(C)=O)CC3COc3ccc(C#N)c(Cl)c3)ccc21. The van der Waals surface area contributed by atoms with E-state index >= 15 is 0 Å². The second-order valence-electron chi connectivity index (χ2n) is 10.5. The fourth-order valence-electron chi connectivity index (χ4n) is 5.24. The number of hydrogen-bond donors (Lipinski definition) is 1. The Morgan fingerprint density at radius 2 is 1.90 bits per heavy atom. The van der Waals surface area contributed by atoms with Crippen LogP contribution in [0.25, 0.3) is 10.9 Å². The van der Waals surface area contributed by atoms with Crippen molar-refractivity contribution in [3.05, 3.63) is 67.8 Å². The van der Waals surface area contributed by atoms with E-state index in [0.29, 0.717) is 53.5 Å². The maximum absolute atomic E-state index is 13.5. The minimum absolute atomic E-state index is 0.138. The van der Waals surface area contributed by atoms with Gasteiger partial charge in [0.15, 0.2) is 0 Å². The minimum Gasteiger partial charge on any atom is -0.493 e. The molecule has 1 saturated carbocycles. The number of ether oxygens (including phenoxy) is 1. The third-order valence-corrected chi connectivity index (χ3v) is 8.01. The third kappa shape index (κ3) is 5.47. The second kappa shape index (κ2) is 11.2. The van der Waals surface area contributed by atoms with Gasteiger partial charge in [0.25, 0.3) is 5.56 Å². The molecule has 2 atom stereocenters. The van der Waals surface area contributed by atoms with Gasteiger partial charge in [0.2, 0.25) is 11.8 Å². The summed E-state index contributed by atoms with van der Waals surface area (Å²) in [6.45, 7) is 4.89. The molecule has 40 heavy (non-hydrogen) atoms. The molecule has 1 saturated heterocycles. The molecule has 208 valence electrons. The number of rotatable bonds is 8. The van der Waals surface area contributed by atoms with Crippen LogP contribution in [0.15, 0.2) is 46.0 Å². The van der Waals surface area contributed by atoms with E-state index in [1.807, 2.05) is 13.0 Å². The lowest BCUT2D eigenvalue weighted by atomic mass is 9.96. The molecule has 0 bridgehead atoms. The van der Waals surface area contributed by atoms with Crippen molar-refractivity contribution in [1.29, 1.82) is 5.26 Å². The van der Waals surface area contributed by atoms with Gasteiger partial charge >= 0.3 is 5.69 Å². The van der Waals surface area contributed by atoms with Gasteiger partial charge in [-0.1, -0.05) is 11.6 Å². The fraction of sp³-hybridized carbons (Fsp3) is 0.414. The van der Waals surface area contributed by atoms with E-state index in [1.165, 1.54) is 11.5 Å². The average molecular weight is 564 g/mol. The first kappa shape index (κ1) is 27.5. The molecule has 2 aliphatic rings. The van der Waals surface area contributed by atoms with Gasteiger partial charge in [-0.3, -0.25) is 23.5 Å². The van der Waals surface area contributed by atoms with Crippen molar-refractivity contribution in [3.8, 4) is 11.8 Å². The normalized spacial score (nSPS) is 18.5. The molecule has 0 spiro atoms. The number of carbonyl (C=O) groups is 2. The molecule has 2 heterocycles. The summed E-state index contributed by atoms with van der Waals surface area (Å²) in [4.78, 5) is 53.4. The number of aromatic nitrogens is 2. The fourth-order valence-corrected chi connectivity index (χ4v) is 5.45. The van der Waals surface area contributed by atoms with Crippen molar-refractivity contribution < 1.29 is 14.3 Å². The Kier molecular flexibility index (Phi) is 7.68. The monoisotopic (exact) mass is 563 g/mol. The molecular weight excluding hydrogens is 534 g/mol. The van der Waals surface area contributed by atoms with Gasteiger partial charge in [-0.05, 0) is 56.0 Å². The molecule has 1 aromatic heterocycles. The van der Waals surface area contributed by atoms with Crippen LogP contribution >= 0.6 is 11.6 Å². The van der Waals surface area contributed by atoms with Crippen LogP contribution in [0.1, 0.15) is 32.3 Å². The lowest BCUT2D eigenvalue weighted by Crippen LogP contribution is -2.40. The summed E-state index contributed by atoms with van der Waals surface area (Å²) in [6.07, 6.45) is 2.02. The van der Waals surface area contributed by atoms with Crippen molar-refractivity contribution in [1.82, 2.24) is 14.0 Å². The van der Waals surface area contributed by atoms with Crippen LogP contribution in [-0.4, -0.2) is 45.5 Å². The van der Waals surface area contributed by atoms with E-state index < -0.39 is 5.92 Å². The largest absolute Gasteiger partial charge is 0.493 e. The van der Waals surface area contributed by atoms with E-state index in [4.69, 9.17) is 21.6 Å². The van der Waals surface area contributed by atoms with Gasteiger partial charge in [-0.25, -0.2) is 4.79 Å². The first-order valence-electron chi connectivity index (χ1n) is 13.4. The number of nitriles is 1. The van der Waals surface area contributed by atoms with Gasteiger partial charge in [0.1, 0.15) is 11.8 Å². The number of hydrogen-bond acceptors (Lipinski definition) is 6. The van der Waals surface area contributed by atoms with E-state index in [2.05, 4.69) is 5.32 Å². The lowest BCUT2D eigenvalue weighted by molar-refractivity contribution is -0.128. The molecule has 11 heteroatoms. The van der Waals surface area contributed by atoms with Crippen LogP contribution in [0.4, 0.5) is 5.69 Å². The van der Waals surface area contributed by atoms with Gasteiger partial charge in [0, 0.05) is 50.8 Å². The van der Waals surface area contributed by atoms with E-state index in [-0.39, 0.29) is 47.2 Å². The molecule has 2 fully saturated rings. The Balaban J connectivity index is 1.38. The van der Waals surface area contributed by atoms with Crippen LogP contribution in [0.3, 0.4) is 0 Å². The van der Waals surface area contributed by atoms with Gasteiger partial charge in [-0.2, -0.15) is 5.26 Å². The summed E-state index contributed by atoms with van der Waals surface area (Å²) in [6, 6.07) is 11.7. The molecule has 5 rings (SSSR count). The smallest absolute Gasteiger partial charge is 0.331 e. The highest BCUT2D eigenvalue weighted by molar-refractivity contribution is 6.31. The van der Waals surface area contributed by atoms with Crippen molar-refractivity contribution in [3.63, 3.8) is 0 Å². The van der Waals surface area contributed by atoms with Gasteiger partial charge < -0.3 is 15.0 Å². The molecule has 1 N–H and O–H groups in total. The number of nitrogens with one attached hydrogen (secondary N) is 1. The van der Waals surface area contributed by atoms with Gasteiger partial charge in [0.05, 0.1) is 34.0 Å². The number of nitrogens with zero attached hydrogens (tertiary/aromatic N) is 4. The highest BCUT2D eigenvalue weighted by Gasteiger charge is 2.39. The topological polar surface area (TPSA) is 126 Å². The Morgan fingerprint density at radius 1 is 1.12 bits per heavy atom. The Morgan fingerprint density at radius 3 is 2.55 bits per heavy atom. The summed E-state index contributed by atoms with van der Waals surface area (Å²) in [5.74, 6) is -0.465. The first-order valence-corrected chi connectivity index (χ1v) is 13.7. The van der Waals surface area contributed by atoms with E-state index in [0.717, 1.165) is 12.8 Å². The van der Waals surface area contributed by atoms with Crippen molar-refractivity contribution in [2.45, 2.75) is 39.8 Å². The Bertz CT molecular complexity index is 1650. The number of amides is 2. The zero-order chi connectivity index (χ0) is 28.6. The van der Waals surface area contributed by atoms with Crippen LogP contribution in [0, 0.1) is 29.1 Å². The zero-order valence-corrected chi connectivity index (χ0v) is 23.1. The summed E-state index contributed by atoms with van der Waals surface area (Å²) < 4.78 is 8.78. The maximum atomic E-state index is 13.5. The van der Waals surface area contributed by atoms with Crippen molar-refractivity contribution in [2.24, 2.45) is 17.8 Å². The summed E-state index contributed by atoms with van der Waals surface area (Å²) in [5.41, 5.74) is 0.627. The third-order valence-electron chi connectivity index (χ3n) is 7.69. The zero-order valence-electron chi connectivity index (χ0n) is 22.4. The first-order chi connectivity index (χ1) is 19.2. The molecule has 2 aromatic carbocycles. The molecular formula is C29H30ClN5O5. The standard InChI is InChI=1S/C29H30ClN5O5/c1-3-34-26-9-7-21(10-23(26)28(38)35(29(34)39)13-18-4-5-18)32-27(37)24-15-33(17(2)36)14-20(24)16-40-22-8-6-19(12-31)25(30)11-22/h6-11,18,20,24H,3-5,13-16H2,1-2H3,(H,32,37)/t20?,24-/m0/s1. The molecule has 3 aromatic rings. The number of carbonyl (C=O) groups excluding carboxylic acids is 2. The van der Waals surface area contributed by atoms with Crippen LogP contribution in [-0.2, 0) is 22.7 Å². The second-order valence-corrected chi connectivity index (χ2v) is 10.9. The predicted molar refractivity (Wildman–Crippen MR) is 150 cm³/mol. The number of halogens is 1. The number of aryl methyl sites for hydroxylation is 1. The number of benzene rings is 2. The lowest BCUT2D eigenvalue weighted by Gasteiger charge is -2.19. The Hall–Kier alpha value is -4.10. The Labute approximate surface area is 235 Å². The average Bonchev–Trinajstić information content (AvgIpc) is 3.65. The summed E-state index contributed by atoms with van der Waals surface area (Å²) in [7, 11) is 0. The maximum Gasteiger partial charge on any atom is 0.331 e. The molecule has 1 aliphatic heterocycles. The van der Waals surface area contributed by atoms with Crippen LogP contribution < -0.4 is 21.3 Å². The number of likely N-dealkylation sites (tertiary alicyclic amines) is 1. The minimum atomic E-state index is -0.551. The summed E-state index contributed by atoms with van der Waals surface area (Å²) >= 11 is 6.11. The summed E-state index contributed by atoms with van der Waals surface area (Å²) in [5, 5.41) is 12.6. The van der Waals surface area contributed by atoms with E-state index in [1.54, 1.807) is 45.9 Å². The highest BCUT2D eigenvalue weighted by Crippen LogP contribution is 2.30. The number of anilines is 1. The predicted octanol–water partition coefficient (Wildman–Crippen LogP) is 3.23. The van der Waals surface area contributed by atoms with E-state index in [9.17, 15) is 19.2 Å². The highest BCUT2D eigenvalue weighted by atomic mass is 35.5. The molecule has 10 nitrogen and oxygen atoms in total. The van der Waals surface area contributed by atoms with Crippen LogP contribution in [0.5, 0.6) is 5.75 Å². The quantitative estimate of drug-likeness (QED) is 0.448. The molecule has 1 aliphatic carbocycles. The molecule has 0 radical (unpaired) electrons. The van der Waals surface area contributed by atoms with Crippen LogP contribution in [0.2, 0.25) is 5.02 Å². The van der Waals surface area contributed by atoms with Crippen molar-refractivity contribution in [2.75, 3.05) is 25.0 Å². The molecule has 2 amide bonds.